The molecule has 9 nitrogen and oxygen atoms in total. The molecule has 36 heavy (non-hydrogen) atoms. The number of hydrogen-bond donors (Lipinski definition) is 1. The fraction of sp³-hybridized carbons (Fsp3) is 0.542. The van der Waals surface area contributed by atoms with Crippen molar-refractivity contribution in [2.24, 2.45) is 5.41 Å². The van der Waals surface area contributed by atoms with Crippen molar-refractivity contribution in [1.29, 1.82) is 5.26 Å². The van der Waals surface area contributed by atoms with Gasteiger partial charge in [0.1, 0.15) is 17.5 Å². The molecule has 2 aromatic rings. The molecule has 12 heteroatoms. The molecule has 1 aliphatic heterocycles. The summed E-state index contributed by atoms with van der Waals surface area (Å²) in [6.07, 6.45) is -2.96. The minimum atomic E-state index is -4.77. The maximum absolute atomic E-state index is 13.6. The van der Waals surface area contributed by atoms with Crippen LogP contribution in [-0.4, -0.2) is 70.7 Å². The van der Waals surface area contributed by atoms with Crippen molar-refractivity contribution < 1.29 is 18.0 Å². The number of aromatic nitrogens is 3. The maximum Gasteiger partial charge on any atom is 0.422 e. The number of carbonyl (C=O) groups excluding carboxylic acids is 1. The van der Waals surface area contributed by atoms with Crippen molar-refractivity contribution in [3.05, 3.63) is 51.1 Å². The number of H-pyrrole nitrogens is 1. The van der Waals surface area contributed by atoms with E-state index in [-0.39, 0.29) is 30.0 Å². The summed E-state index contributed by atoms with van der Waals surface area (Å²) in [6, 6.07) is 5.06. The van der Waals surface area contributed by atoms with Crippen LogP contribution in [0.15, 0.2) is 23.1 Å². The van der Waals surface area contributed by atoms with E-state index in [0.717, 1.165) is 5.82 Å². The van der Waals surface area contributed by atoms with Crippen LogP contribution >= 0.6 is 0 Å². The highest BCUT2D eigenvalue weighted by atomic mass is 19.4. The van der Waals surface area contributed by atoms with Gasteiger partial charge in [0.15, 0.2) is 0 Å². The molecule has 0 radical (unpaired) electrons. The number of fused-ring (bicyclic) bond motifs is 1. The number of aromatic amines is 1. The normalized spacial score (nSPS) is 19.3. The number of carbonyl (C=O) groups is 1. The number of alkyl halides is 3. The molecule has 1 fully saturated rings. The summed E-state index contributed by atoms with van der Waals surface area (Å²) < 4.78 is 40.7. The molecular formula is C24H28F3N7O2. The zero-order chi connectivity index (χ0) is 26.3. The molecule has 192 valence electrons. The lowest BCUT2D eigenvalue weighted by molar-refractivity contribution is -0.139. The lowest BCUT2D eigenvalue weighted by Gasteiger charge is -2.37. The van der Waals surface area contributed by atoms with Crippen molar-refractivity contribution in [3.63, 3.8) is 0 Å². The van der Waals surface area contributed by atoms with Crippen LogP contribution in [0.2, 0.25) is 0 Å². The molecule has 0 spiro atoms. The molecule has 1 amide bonds. The average Bonchev–Trinajstić information content (AvgIpc) is 3.10. The number of nitrogens with zero attached hydrogens (tertiary/aromatic N) is 6. The number of nitrogens with one attached hydrogen (secondary N) is 1. The van der Waals surface area contributed by atoms with Crippen molar-refractivity contribution in [2.45, 2.75) is 38.9 Å². The number of hydrogen-bond acceptors (Lipinski definition) is 7. The van der Waals surface area contributed by atoms with Crippen molar-refractivity contribution >= 4 is 11.7 Å². The van der Waals surface area contributed by atoms with E-state index in [1.807, 2.05) is 29.9 Å². The van der Waals surface area contributed by atoms with Crippen molar-refractivity contribution in [3.8, 4) is 6.07 Å². The molecule has 1 saturated heterocycles. The minimum Gasteiger partial charge on any atom is -0.353 e. The van der Waals surface area contributed by atoms with E-state index in [9.17, 15) is 22.8 Å². The van der Waals surface area contributed by atoms with E-state index < -0.39 is 28.8 Å². The van der Waals surface area contributed by atoms with E-state index >= 15 is 0 Å². The molecule has 0 aromatic carbocycles. The minimum absolute atomic E-state index is 0.0317. The highest BCUT2D eigenvalue weighted by Gasteiger charge is 2.48. The number of rotatable bonds is 5. The first-order chi connectivity index (χ1) is 16.9. The van der Waals surface area contributed by atoms with E-state index in [4.69, 9.17) is 5.26 Å². The quantitative estimate of drug-likeness (QED) is 0.667. The number of amides is 1. The molecule has 4 rings (SSSR count). The summed E-state index contributed by atoms with van der Waals surface area (Å²) in [7, 11) is 1.77. The van der Waals surface area contributed by atoms with Gasteiger partial charge in [0.05, 0.1) is 17.3 Å². The number of piperazine rings is 1. The predicted octanol–water partition coefficient (Wildman–Crippen LogP) is 2.35. The zero-order valence-corrected chi connectivity index (χ0v) is 20.4. The van der Waals surface area contributed by atoms with Crippen LogP contribution in [0.3, 0.4) is 0 Å². The maximum atomic E-state index is 13.6. The van der Waals surface area contributed by atoms with Crippen LogP contribution in [0.5, 0.6) is 0 Å². The third kappa shape index (κ3) is 4.93. The molecule has 0 unspecified atom stereocenters. The monoisotopic (exact) mass is 503 g/mol. The third-order valence-electron chi connectivity index (χ3n) is 6.98. The summed E-state index contributed by atoms with van der Waals surface area (Å²) in [6.45, 7) is 6.31. The first-order valence-corrected chi connectivity index (χ1v) is 11.7. The Balaban J connectivity index is 1.38. The molecule has 2 aliphatic rings. The van der Waals surface area contributed by atoms with Gasteiger partial charge in [0.25, 0.3) is 5.56 Å². The Morgan fingerprint density at radius 1 is 1.28 bits per heavy atom. The topological polar surface area (TPSA) is 109 Å². The van der Waals surface area contributed by atoms with Crippen LogP contribution in [0.25, 0.3) is 0 Å². The van der Waals surface area contributed by atoms with Gasteiger partial charge in [-0.3, -0.25) is 14.5 Å². The number of anilines is 1. The molecule has 1 aliphatic carbocycles. The van der Waals surface area contributed by atoms with Gasteiger partial charge in [0, 0.05) is 45.3 Å². The van der Waals surface area contributed by atoms with Gasteiger partial charge in [0.2, 0.25) is 5.91 Å². The van der Waals surface area contributed by atoms with Gasteiger partial charge < -0.3 is 9.80 Å². The van der Waals surface area contributed by atoms with E-state index in [2.05, 4.69) is 15.0 Å². The van der Waals surface area contributed by atoms with Crippen molar-refractivity contribution in [2.75, 3.05) is 44.7 Å². The van der Waals surface area contributed by atoms with Gasteiger partial charge in [-0.2, -0.15) is 23.5 Å². The largest absolute Gasteiger partial charge is 0.422 e. The fourth-order valence-corrected chi connectivity index (χ4v) is 5.32. The Bertz CT molecular complexity index is 1230. The molecule has 1 atom stereocenters. The van der Waals surface area contributed by atoms with Crippen LogP contribution in [-0.2, 0) is 17.4 Å². The second kappa shape index (κ2) is 9.54. The second-order valence-corrected chi connectivity index (χ2v) is 9.97. The van der Waals surface area contributed by atoms with Gasteiger partial charge in [-0.25, -0.2) is 10.1 Å². The van der Waals surface area contributed by atoms with Gasteiger partial charge in [-0.05, 0) is 36.6 Å². The summed E-state index contributed by atoms with van der Waals surface area (Å²) in [5.41, 5.74) is -2.37. The first kappa shape index (κ1) is 25.6. The Morgan fingerprint density at radius 2 is 1.97 bits per heavy atom. The van der Waals surface area contributed by atoms with Gasteiger partial charge in [-0.15, -0.1) is 0 Å². The number of pyridine rings is 1. The summed E-state index contributed by atoms with van der Waals surface area (Å²) >= 11 is 0. The van der Waals surface area contributed by atoms with E-state index in [1.54, 1.807) is 24.1 Å². The predicted molar refractivity (Wildman–Crippen MR) is 125 cm³/mol. The first-order valence-electron chi connectivity index (χ1n) is 11.7. The van der Waals surface area contributed by atoms with Crippen LogP contribution in [0.4, 0.5) is 19.0 Å². The summed E-state index contributed by atoms with van der Waals surface area (Å²) in [4.78, 5) is 34.8. The molecular weight excluding hydrogens is 475 g/mol. The van der Waals surface area contributed by atoms with Gasteiger partial charge in [-0.1, -0.05) is 13.8 Å². The summed E-state index contributed by atoms with van der Waals surface area (Å²) in [5.74, 6) is 0.724. The average molecular weight is 504 g/mol. The van der Waals surface area contributed by atoms with E-state index in [0.29, 0.717) is 38.3 Å². The van der Waals surface area contributed by atoms with Crippen LogP contribution in [0.1, 0.15) is 48.7 Å². The molecule has 2 aromatic heterocycles. The highest BCUT2D eigenvalue weighted by molar-refractivity contribution is 5.76. The third-order valence-corrected chi connectivity index (χ3v) is 6.98. The number of halogens is 3. The smallest absolute Gasteiger partial charge is 0.353 e. The lowest BCUT2D eigenvalue weighted by Crippen LogP contribution is -2.49. The SMILES string of the molecule is CN(CCC(=O)N1CCN(c2ccc(C#N)cn2)CC1)[C@H]1c2n[nH]c(=O)c(C(F)(F)F)c2CC1(C)C. The van der Waals surface area contributed by atoms with Crippen LogP contribution < -0.4 is 10.5 Å². The zero-order valence-electron chi connectivity index (χ0n) is 20.4. The van der Waals surface area contributed by atoms with Gasteiger partial charge >= 0.3 is 6.18 Å². The Labute approximate surface area is 206 Å². The molecule has 0 bridgehead atoms. The standard InChI is InChI=1S/C24H28F3N7O2/c1-23(2)12-16-19(24(25,26)27)22(36)31-30-20(16)21(23)32(3)7-6-18(35)34-10-8-33(9-11-34)17-5-4-15(13-28)14-29-17/h4-5,14,21H,6-12H2,1-3H3,(H,31,36)/t21-/m0/s1. The van der Waals surface area contributed by atoms with Crippen LogP contribution in [0, 0.1) is 16.7 Å². The van der Waals surface area contributed by atoms with Crippen molar-refractivity contribution in [1.82, 2.24) is 25.0 Å². The fourth-order valence-electron chi connectivity index (χ4n) is 5.32. The summed E-state index contributed by atoms with van der Waals surface area (Å²) in [5, 5.41) is 14.9. The molecule has 3 heterocycles. The Morgan fingerprint density at radius 3 is 2.56 bits per heavy atom. The van der Waals surface area contributed by atoms with E-state index in [1.165, 1.54) is 6.20 Å². The number of nitriles is 1. The Hall–Kier alpha value is -3.46. The molecule has 0 saturated carbocycles. The second-order valence-electron chi connectivity index (χ2n) is 9.97. The highest BCUT2D eigenvalue weighted by Crippen LogP contribution is 2.49. The Kier molecular flexibility index (Phi) is 6.79. The molecule has 1 N–H and O–H groups in total. The lowest BCUT2D eigenvalue weighted by atomic mass is 9.85.